The first-order valence-corrected chi connectivity index (χ1v) is 13.1. The van der Waals surface area contributed by atoms with Gasteiger partial charge in [-0.05, 0) is 23.6 Å². The number of rotatable bonds is 8. The van der Waals surface area contributed by atoms with Crippen LogP contribution in [0.3, 0.4) is 0 Å². The zero-order chi connectivity index (χ0) is 31.9. The number of hydrogen-bond donors (Lipinski definition) is 6. The number of nitrogens with zero attached hydrogens (tertiary/aromatic N) is 2. The van der Waals surface area contributed by atoms with Crippen molar-refractivity contribution in [2.75, 3.05) is 12.4 Å². The monoisotopic (exact) mass is 612 g/mol. The molecule has 0 aliphatic rings. The number of aromatic nitrogens is 2. The van der Waals surface area contributed by atoms with Crippen molar-refractivity contribution in [3.8, 4) is 0 Å². The average Bonchev–Trinajstić information content (AvgIpc) is 3.33. The molecule has 43 heavy (non-hydrogen) atoms. The number of ether oxygens (including phenoxy) is 1. The first-order valence-electron chi connectivity index (χ1n) is 12.3. The van der Waals surface area contributed by atoms with Gasteiger partial charge in [0.2, 0.25) is 0 Å². The molecule has 4 aromatic rings. The van der Waals surface area contributed by atoms with Crippen molar-refractivity contribution in [2.24, 2.45) is 0 Å². The van der Waals surface area contributed by atoms with E-state index in [1.54, 1.807) is 0 Å². The third kappa shape index (κ3) is 10.8. The lowest BCUT2D eigenvalue weighted by Crippen LogP contribution is -2.15. The van der Waals surface area contributed by atoms with Gasteiger partial charge in [-0.25, -0.2) is 33.9 Å². The van der Waals surface area contributed by atoms with E-state index in [1.807, 2.05) is 43.3 Å². The molecular formula is C28H28N4O10S. The second-order valence-electron chi connectivity index (χ2n) is 8.37. The summed E-state index contributed by atoms with van der Waals surface area (Å²) in [6, 6.07) is 20.3. The van der Waals surface area contributed by atoms with Gasteiger partial charge in [-0.2, -0.15) is 0 Å². The number of carbonyl (C=O) groups excluding carboxylic acids is 1. The molecule has 0 saturated heterocycles. The summed E-state index contributed by atoms with van der Waals surface area (Å²) < 4.78 is 4.95. The quantitative estimate of drug-likeness (QED) is 0.124. The van der Waals surface area contributed by atoms with Crippen LogP contribution in [-0.2, 0) is 43.5 Å². The normalized spacial score (nSPS) is 9.91. The van der Waals surface area contributed by atoms with Gasteiger partial charge in [-0.1, -0.05) is 60.7 Å². The Morgan fingerprint density at radius 1 is 0.744 bits per heavy atom. The molecule has 2 heterocycles. The standard InChI is InChI=1S/C24H24N4O2S.2C2H2O4/c1-16-20-22(26-14-18-11-7-4-8-12-18)27-19(15-25-13-17-9-5-3-6-10-17)28-23(20)31-21(16)24(29)30-2;2*3-1(4)2(5)6/h3-12,25H,13-15H2,1-2H3,(H,26,27,28);2*(H,3,4)(H,5,6). The molecule has 0 bridgehead atoms. The molecule has 0 aliphatic heterocycles. The van der Waals surface area contributed by atoms with Crippen LogP contribution >= 0.6 is 11.3 Å². The fourth-order valence-corrected chi connectivity index (χ4v) is 4.49. The van der Waals surface area contributed by atoms with Crippen LogP contribution in [-0.4, -0.2) is 67.4 Å². The Balaban J connectivity index is 0.000000455. The molecule has 0 amide bonds. The molecule has 15 heteroatoms. The molecule has 0 fully saturated rings. The molecule has 14 nitrogen and oxygen atoms in total. The lowest BCUT2D eigenvalue weighted by molar-refractivity contribution is -0.159. The van der Waals surface area contributed by atoms with Crippen LogP contribution in [0.5, 0.6) is 0 Å². The molecule has 0 unspecified atom stereocenters. The Kier molecular flexibility index (Phi) is 13.2. The number of carboxylic acid groups (broad SMARTS) is 4. The van der Waals surface area contributed by atoms with E-state index in [0.29, 0.717) is 23.8 Å². The summed E-state index contributed by atoms with van der Waals surface area (Å²) in [5.74, 6) is -6.24. The van der Waals surface area contributed by atoms with Gasteiger partial charge >= 0.3 is 29.8 Å². The zero-order valence-corrected chi connectivity index (χ0v) is 23.8. The van der Waals surface area contributed by atoms with Crippen LogP contribution in [0.1, 0.15) is 32.2 Å². The molecule has 0 atom stereocenters. The maximum atomic E-state index is 12.2. The minimum atomic E-state index is -1.82. The molecule has 4 rings (SSSR count). The van der Waals surface area contributed by atoms with Gasteiger partial charge in [0.15, 0.2) is 0 Å². The summed E-state index contributed by atoms with van der Waals surface area (Å²) in [4.78, 5) is 59.4. The maximum absolute atomic E-state index is 12.2. The number of aryl methyl sites for hydroxylation is 1. The second-order valence-corrected chi connectivity index (χ2v) is 9.36. The van der Waals surface area contributed by atoms with Gasteiger partial charge in [-0.15, -0.1) is 11.3 Å². The summed E-state index contributed by atoms with van der Waals surface area (Å²) in [7, 11) is 1.39. The second kappa shape index (κ2) is 16.8. The van der Waals surface area contributed by atoms with E-state index >= 15 is 0 Å². The van der Waals surface area contributed by atoms with Crippen molar-refractivity contribution >= 4 is 57.2 Å². The summed E-state index contributed by atoms with van der Waals surface area (Å²) in [5.41, 5.74) is 3.19. The number of benzene rings is 2. The lowest BCUT2D eigenvalue weighted by Gasteiger charge is -2.11. The Bertz CT molecular complexity index is 1530. The van der Waals surface area contributed by atoms with Crippen LogP contribution in [0.4, 0.5) is 5.82 Å². The summed E-state index contributed by atoms with van der Waals surface area (Å²) in [6.45, 7) is 3.80. The Labute approximate surface area is 248 Å². The molecule has 2 aromatic carbocycles. The third-order valence-electron chi connectivity index (χ3n) is 5.33. The van der Waals surface area contributed by atoms with E-state index in [4.69, 9.17) is 54.3 Å². The summed E-state index contributed by atoms with van der Waals surface area (Å²) >= 11 is 1.34. The predicted octanol–water partition coefficient (Wildman–Crippen LogP) is 3.00. The average molecular weight is 613 g/mol. The van der Waals surface area contributed by atoms with Crippen molar-refractivity contribution in [2.45, 2.75) is 26.6 Å². The van der Waals surface area contributed by atoms with E-state index in [9.17, 15) is 4.79 Å². The van der Waals surface area contributed by atoms with E-state index in [-0.39, 0.29) is 5.97 Å². The highest BCUT2D eigenvalue weighted by Crippen LogP contribution is 2.34. The highest BCUT2D eigenvalue weighted by molar-refractivity contribution is 7.20. The number of methoxy groups -OCH3 is 1. The number of hydrogen-bond acceptors (Lipinski definition) is 11. The zero-order valence-electron chi connectivity index (χ0n) is 22.9. The highest BCUT2D eigenvalue weighted by Gasteiger charge is 2.21. The van der Waals surface area contributed by atoms with E-state index < -0.39 is 23.9 Å². The number of fused-ring (bicyclic) bond motifs is 1. The Hall–Kier alpha value is -5.41. The van der Waals surface area contributed by atoms with Gasteiger partial charge < -0.3 is 35.8 Å². The minimum absolute atomic E-state index is 0.349. The molecule has 0 radical (unpaired) electrons. The van der Waals surface area contributed by atoms with Crippen LogP contribution in [0.2, 0.25) is 0 Å². The molecular weight excluding hydrogens is 584 g/mol. The molecule has 6 N–H and O–H groups in total. The van der Waals surface area contributed by atoms with Gasteiger partial charge in [0, 0.05) is 13.1 Å². The molecule has 0 saturated carbocycles. The third-order valence-corrected chi connectivity index (χ3v) is 6.50. The topological polar surface area (TPSA) is 225 Å². The van der Waals surface area contributed by atoms with E-state index in [0.717, 1.165) is 33.7 Å². The fourth-order valence-electron chi connectivity index (χ4n) is 3.37. The van der Waals surface area contributed by atoms with Crippen LogP contribution in [0.25, 0.3) is 10.2 Å². The number of aliphatic carboxylic acids is 4. The first kappa shape index (κ1) is 33.8. The van der Waals surface area contributed by atoms with Gasteiger partial charge in [0.05, 0.1) is 19.0 Å². The SMILES string of the molecule is COC(=O)c1sc2nc(CNCc3ccccc3)nc(NCc3ccccc3)c2c1C.O=C(O)C(=O)O.O=C(O)C(=O)O. The number of esters is 1. The van der Waals surface area contributed by atoms with Crippen molar-refractivity contribution in [1.82, 2.24) is 15.3 Å². The number of nitrogens with one attached hydrogen (secondary N) is 2. The molecule has 0 aliphatic carbocycles. The van der Waals surface area contributed by atoms with E-state index in [2.05, 4.69) is 34.9 Å². The number of anilines is 1. The Morgan fingerprint density at radius 3 is 1.70 bits per heavy atom. The van der Waals surface area contributed by atoms with Gasteiger partial charge in [0.1, 0.15) is 21.3 Å². The van der Waals surface area contributed by atoms with Crippen LogP contribution in [0, 0.1) is 6.92 Å². The van der Waals surface area contributed by atoms with Gasteiger partial charge in [0.25, 0.3) is 0 Å². The van der Waals surface area contributed by atoms with Gasteiger partial charge in [-0.3, -0.25) is 0 Å². The maximum Gasteiger partial charge on any atom is 0.414 e. The van der Waals surface area contributed by atoms with Crippen molar-refractivity contribution < 1.29 is 49.1 Å². The summed E-state index contributed by atoms with van der Waals surface area (Å²) in [5, 5.41) is 37.3. The fraction of sp³-hybridized carbons (Fsp3) is 0.179. The minimum Gasteiger partial charge on any atom is -0.473 e. The molecule has 226 valence electrons. The Morgan fingerprint density at radius 2 is 1.23 bits per heavy atom. The number of carbonyl (C=O) groups is 5. The lowest BCUT2D eigenvalue weighted by atomic mass is 10.2. The molecule has 2 aromatic heterocycles. The number of carboxylic acids is 4. The highest BCUT2D eigenvalue weighted by atomic mass is 32.1. The molecule has 0 spiro atoms. The van der Waals surface area contributed by atoms with Crippen molar-refractivity contribution in [1.29, 1.82) is 0 Å². The van der Waals surface area contributed by atoms with Crippen molar-refractivity contribution in [3.63, 3.8) is 0 Å². The predicted molar refractivity (Wildman–Crippen MR) is 155 cm³/mol. The van der Waals surface area contributed by atoms with E-state index in [1.165, 1.54) is 24.0 Å². The van der Waals surface area contributed by atoms with Crippen LogP contribution < -0.4 is 10.6 Å². The summed E-state index contributed by atoms with van der Waals surface area (Å²) in [6.07, 6.45) is 0. The smallest absolute Gasteiger partial charge is 0.414 e. The van der Waals surface area contributed by atoms with Crippen LogP contribution in [0.15, 0.2) is 60.7 Å². The van der Waals surface area contributed by atoms with Crippen molar-refractivity contribution in [3.05, 3.63) is 88.1 Å². The largest absolute Gasteiger partial charge is 0.473 e. The number of thiophene rings is 1. The first-order chi connectivity index (χ1) is 20.4.